The molecule has 23 heavy (non-hydrogen) atoms. The molecule has 0 spiro atoms. The average Bonchev–Trinajstić information content (AvgIpc) is 2.94. The number of thioether (sulfide) groups is 1. The van der Waals surface area contributed by atoms with Gasteiger partial charge in [-0.3, -0.25) is 9.48 Å². The molecule has 0 fully saturated rings. The lowest BCUT2D eigenvalue weighted by molar-refractivity contribution is -0.122. The molecule has 1 atom stereocenters. The molecular weight excluding hydrogens is 324 g/mol. The van der Waals surface area contributed by atoms with E-state index in [-0.39, 0.29) is 5.91 Å². The standard InChI is InChI=1S/C15H17F2N3O2S/c1-10(22-12-3-5-13(23-2)6-4-12)15(21)19-11-7-18-20(8-11)9-14(16)17/h3-8,10,14H,9H2,1-2H3,(H,19,21). The smallest absolute Gasteiger partial charge is 0.265 e. The number of amides is 1. The van der Waals surface area contributed by atoms with Crippen LogP contribution in [-0.4, -0.2) is 34.5 Å². The molecule has 8 heteroatoms. The Morgan fingerprint density at radius 1 is 1.39 bits per heavy atom. The van der Waals surface area contributed by atoms with Crippen molar-refractivity contribution in [2.45, 2.75) is 30.9 Å². The Morgan fingerprint density at radius 3 is 2.70 bits per heavy atom. The molecule has 1 aromatic heterocycles. The van der Waals surface area contributed by atoms with Crippen molar-refractivity contribution in [3.8, 4) is 5.75 Å². The number of ether oxygens (including phenoxy) is 1. The van der Waals surface area contributed by atoms with Crippen molar-refractivity contribution in [3.63, 3.8) is 0 Å². The van der Waals surface area contributed by atoms with E-state index >= 15 is 0 Å². The van der Waals surface area contributed by atoms with Crippen LogP contribution in [0.4, 0.5) is 14.5 Å². The fraction of sp³-hybridized carbons (Fsp3) is 0.333. The van der Waals surface area contributed by atoms with Gasteiger partial charge in [-0.15, -0.1) is 11.8 Å². The summed E-state index contributed by atoms with van der Waals surface area (Å²) in [5, 5.41) is 6.33. The van der Waals surface area contributed by atoms with Crippen molar-refractivity contribution < 1.29 is 18.3 Å². The van der Waals surface area contributed by atoms with Gasteiger partial charge in [-0.25, -0.2) is 8.78 Å². The molecule has 1 amide bonds. The maximum absolute atomic E-state index is 12.2. The third kappa shape index (κ3) is 5.24. The van der Waals surface area contributed by atoms with Gasteiger partial charge in [0.15, 0.2) is 6.10 Å². The van der Waals surface area contributed by atoms with Crippen LogP contribution in [0, 0.1) is 0 Å². The van der Waals surface area contributed by atoms with Crippen LogP contribution >= 0.6 is 11.8 Å². The Labute approximate surface area is 137 Å². The lowest BCUT2D eigenvalue weighted by Crippen LogP contribution is -2.30. The van der Waals surface area contributed by atoms with E-state index in [1.54, 1.807) is 30.8 Å². The van der Waals surface area contributed by atoms with Crippen LogP contribution in [0.3, 0.4) is 0 Å². The minimum atomic E-state index is -2.50. The Morgan fingerprint density at radius 2 is 2.09 bits per heavy atom. The zero-order valence-corrected chi connectivity index (χ0v) is 13.5. The fourth-order valence-electron chi connectivity index (χ4n) is 1.83. The highest BCUT2D eigenvalue weighted by molar-refractivity contribution is 7.98. The lowest BCUT2D eigenvalue weighted by Gasteiger charge is -2.14. The van der Waals surface area contributed by atoms with E-state index in [0.717, 1.165) is 9.58 Å². The van der Waals surface area contributed by atoms with E-state index in [9.17, 15) is 13.6 Å². The van der Waals surface area contributed by atoms with E-state index in [4.69, 9.17) is 4.74 Å². The van der Waals surface area contributed by atoms with E-state index in [1.165, 1.54) is 12.4 Å². The quantitative estimate of drug-likeness (QED) is 0.785. The van der Waals surface area contributed by atoms with E-state index in [2.05, 4.69) is 10.4 Å². The molecule has 0 bridgehead atoms. The monoisotopic (exact) mass is 341 g/mol. The number of halogens is 2. The van der Waals surface area contributed by atoms with Crippen molar-refractivity contribution in [1.29, 1.82) is 0 Å². The first-order valence-electron chi connectivity index (χ1n) is 6.90. The molecule has 1 heterocycles. The minimum Gasteiger partial charge on any atom is -0.481 e. The normalized spacial score (nSPS) is 12.2. The Balaban J connectivity index is 1.90. The molecule has 0 aliphatic rings. The highest BCUT2D eigenvalue weighted by Crippen LogP contribution is 2.20. The van der Waals surface area contributed by atoms with Gasteiger partial charge in [-0.1, -0.05) is 0 Å². The number of nitrogens with one attached hydrogen (secondary N) is 1. The van der Waals surface area contributed by atoms with Crippen LogP contribution in [0.2, 0.25) is 0 Å². The van der Waals surface area contributed by atoms with Crippen molar-refractivity contribution in [2.75, 3.05) is 11.6 Å². The van der Waals surface area contributed by atoms with E-state index < -0.39 is 19.1 Å². The summed E-state index contributed by atoms with van der Waals surface area (Å²) < 4.78 is 31.1. The SMILES string of the molecule is CSc1ccc(OC(C)C(=O)Nc2cnn(CC(F)F)c2)cc1. The highest BCUT2D eigenvalue weighted by Gasteiger charge is 2.16. The first kappa shape index (κ1) is 17.3. The van der Waals surface area contributed by atoms with Crippen molar-refractivity contribution in [1.82, 2.24) is 9.78 Å². The third-order valence-corrected chi connectivity index (χ3v) is 3.71. The van der Waals surface area contributed by atoms with Gasteiger partial charge in [0.25, 0.3) is 12.3 Å². The van der Waals surface area contributed by atoms with Crippen LogP contribution in [0.25, 0.3) is 0 Å². The molecule has 0 aliphatic heterocycles. The van der Waals surface area contributed by atoms with Crippen LogP contribution in [-0.2, 0) is 11.3 Å². The predicted octanol–water partition coefficient (Wildman–Crippen LogP) is 3.28. The summed E-state index contributed by atoms with van der Waals surface area (Å²) in [5.74, 6) is 0.203. The van der Waals surface area contributed by atoms with Gasteiger partial charge in [0.1, 0.15) is 12.3 Å². The minimum absolute atomic E-state index is 0.351. The summed E-state index contributed by atoms with van der Waals surface area (Å²) in [6, 6.07) is 7.38. The number of nitrogens with zero attached hydrogens (tertiary/aromatic N) is 2. The van der Waals surface area contributed by atoms with Crippen molar-refractivity contribution in [2.24, 2.45) is 0 Å². The van der Waals surface area contributed by atoms with E-state index in [1.807, 2.05) is 18.4 Å². The van der Waals surface area contributed by atoms with Gasteiger partial charge in [-0.2, -0.15) is 5.10 Å². The second-order valence-electron chi connectivity index (χ2n) is 4.77. The number of rotatable bonds is 7. The third-order valence-electron chi connectivity index (χ3n) is 2.97. The summed E-state index contributed by atoms with van der Waals surface area (Å²) in [4.78, 5) is 13.1. The van der Waals surface area contributed by atoms with Crippen LogP contribution in [0.5, 0.6) is 5.75 Å². The summed E-state index contributed by atoms with van der Waals surface area (Å²) in [5.41, 5.74) is 0.351. The van der Waals surface area contributed by atoms with Gasteiger partial charge in [0.2, 0.25) is 0 Å². The first-order valence-corrected chi connectivity index (χ1v) is 8.12. The fourth-order valence-corrected chi connectivity index (χ4v) is 2.23. The maximum atomic E-state index is 12.2. The second-order valence-corrected chi connectivity index (χ2v) is 5.65. The predicted molar refractivity (Wildman–Crippen MR) is 85.2 cm³/mol. The number of hydrogen-bond acceptors (Lipinski definition) is 4. The van der Waals surface area contributed by atoms with Gasteiger partial charge < -0.3 is 10.1 Å². The van der Waals surface area contributed by atoms with Gasteiger partial charge in [0, 0.05) is 11.1 Å². The Hall–Kier alpha value is -2.09. The molecule has 5 nitrogen and oxygen atoms in total. The zero-order chi connectivity index (χ0) is 16.8. The second kappa shape index (κ2) is 7.96. The van der Waals surface area contributed by atoms with Crippen LogP contribution < -0.4 is 10.1 Å². The molecule has 0 saturated carbocycles. The molecule has 2 rings (SSSR count). The summed E-state index contributed by atoms with van der Waals surface area (Å²) in [6.07, 6.45) is 1.42. The Bertz CT molecular complexity index is 646. The number of alkyl halides is 2. The van der Waals surface area contributed by atoms with Crippen LogP contribution in [0.1, 0.15) is 6.92 Å². The molecule has 1 unspecified atom stereocenters. The van der Waals surface area contributed by atoms with Crippen LogP contribution in [0.15, 0.2) is 41.6 Å². The topological polar surface area (TPSA) is 56.1 Å². The molecule has 0 saturated heterocycles. The van der Waals surface area contributed by atoms with Gasteiger partial charge in [0.05, 0.1) is 11.9 Å². The molecule has 1 N–H and O–H groups in total. The molecule has 124 valence electrons. The number of carbonyl (C=O) groups excluding carboxylic acids is 1. The zero-order valence-electron chi connectivity index (χ0n) is 12.7. The lowest BCUT2D eigenvalue weighted by atomic mass is 10.3. The summed E-state index contributed by atoms with van der Waals surface area (Å²) >= 11 is 1.61. The molecule has 0 aliphatic carbocycles. The summed E-state index contributed by atoms with van der Waals surface area (Å²) in [7, 11) is 0. The Kier molecular flexibility index (Phi) is 5.97. The highest BCUT2D eigenvalue weighted by atomic mass is 32.2. The first-order chi connectivity index (χ1) is 11.0. The number of benzene rings is 1. The van der Waals surface area contributed by atoms with Gasteiger partial charge >= 0.3 is 0 Å². The molecule has 1 aromatic carbocycles. The molecule has 0 radical (unpaired) electrons. The molecule has 2 aromatic rings. The maximum Gasteiger partial charge on any atom is 0.265 e. The van der Waals surface area contributed by atoms with Gasteiger partial charge in [-0.05, 0) is 37.4 Å². The van der Waals surface area contributed by atoms with Crippen molar-refractivity contribution >= 4 is 23.4 Å². The number of carbonyl (C=O) groups is 1. The molecular formula is C15H17F2N3O2S. The average molecular weight is 341 g/mol. The number of aromatic nitrogens is 2. The number of anilines is 1. The van der Waals surface area contributed by atoms with Crippen molar-refractivity contribution in [3.05, 3.63) is 36.7 Å². The number of hydrogen-bond donors (Lipinski definition) is 1. The largest absolute Gasteiger partial charge is 0.481 e. The van der Waals surface area contributed by atoms with E-state index in [0.29, 0.717) is 11.4 Å². The summed E-state index contributed by atoms with van der Waals surface area (Å²) in [6.45, 7) is 1.10.